The number of amides is 2. The minimum Gasteiger partial charge on any atom is -0.489 e. The van der Waals surface area contributed by atoms with Gasteiger partial charge in [0.2, 0.25) is 0 Å². The Kier molecular flexibility index (Phi) is 5.33. The summed E-state index contributed by atoms with van der Waals surface area (Å²) in [6.45, 7) is 2.26. The zero-order chi connectivity index (χ0) is 18.8. The molecule has 1 saturated heterocycles. The van der Waals surface area contributed by atoms with Gasteiger partial charge in [-0.3, -0.25) is 19.5 Å². The summed E-state index contributed by atoms with van der Waals surface area (Å²) < 4.78 is 6.71. The van der Waals surface area contributed by atoms with Crippen molar-refractivity contribution in [2.24, 2.45) is 0 Å². The van der Waals surface area contributed by atoms with E-state index in [0.717, 1.165) is 37.8 Å². The van der Waals surface area contributed by atoms with E-state index < -0.39 is 0 Å². The first kappa shape index (κ1) is 18.5. The fourth-order valence-electron chi connectivity index (χ4n) is 2.37. The number of nitrogens with two attached hydrogens (primary N) is 1. The number of carbonyl (C=O) groups is 2. The molecular formula is C18H16BrN3O3S. The SMILES string of the molecule is Cc1cc(Br)c(/C=C2\SC(=O)N(C)C2=O)cc1OCc1cncc(N)c1. The van der Waals surface area contributed by atoms with Gasteiger partial charge in [-0.15, -0.1) is 0 Å². The molecule has 6 nitrogen and oxygen atoms in total. The van der Waals surface area contributed by atoms with Crippen molar-refractivity contribution in [1.82, 2.24) is 9.88 Å². The number of rotatable bonds is 4. The molecule has 134 valence electrons. The second-order valence-electron chi connectivity index (χ2n) is 5.80. The molecule has 1 aliphatic rings. The third-order valence-corrected chi connectivity index (χ3v) is 5.43. The van der Waals surface area contributed by atoms with Crippen LogP contribution in [0.15, 0.2) is 40.0 Å². The number of imide groups is 1. The minimum absolute atomic E-state index is 0.282. The average Bonchev–Trinajstić information content (AvgIpc) is 2.83. The van der Waals surface area contributed by atoms with Crippen molar-refractivity contribution in [3.63, 3.8) is 0 Å². The second kappa shape index (κ2) is 7.51. The summed E-state index contributed by atoms with van der Waals surface area (Å²) in [6, 6.07) is 5.55. The van der Waals surface area contributed by atoms with Crippen LogP contribution in [0.25, 0.3) is 6.08 Å². The first-order valence-electron chi connectivity index (χ1n) is 7.69. The molecule has 1 fully saturated rings. The molecular weight excluding hydrogens is 418 g/mol. The summed E-state index contributed by atoms with van der Waals surface area (Å²) in [5.74, 6) is 0.374. The van der Waals surface area contributed by atoms with Crippen LogP contribution in [-0.4, -0.2) is 28.1 Å². The summed E-state index contributed by atoms with van der Waals surface area (Å²) in [4.78, 5) is 29.3. The third-order valence-electron chi connectivity index (χ3n) is 3.78. The summed E-state index contributed by atoms with van der Waals surface area (Å²) in [5, 5.41) is -0.282. The van der Waals surface area contributed by atoms with Crippen LogP contribution in [-0.2, 0) is 11.4 Å². The Hall–Kier alpha value is -2.32. The highest BCUT2D eigenvalue weighted by Gasteiger charge is 2.31. The van der Waals surface area contributed by atoms with E-state index in [4.69, 9.17) is 10.5 Å². The Morgan fingerprint density at radius 3 is 2.73 bits per heavy atom. The first-order valence-corrected chi connectivity index (χ1v) is 9.30. The van der Waals surface area contributed by atoms with Gasteiger partial charge in [0.15, 0.2) is 0 Å². The van der Waals surface area contributed by atoms with Gasteiger partial charge in [-0.1, -0.05) is 15.9 Å². The number of hydrogen-bond acceptors (Lipinski definition) is 6. The van der Waals surface area contributed by atoms with Crippen molar-refractivity contribution in [2.75, 3.05) is 12.8 Å². The van der Waals surface area contributed by atoms with Gasteiger partial charge in [-0.25, -0.2) is 0 Å². The van der Waals surface area contributed by atoms with Gasteiger partial charge in [0.1, 0.15) is 12.4 Å². The van der Waals surface area contributed by atoms with E-state index >= 15 is 0 Å². The highest BCUT2D eigenvalue weighted by atomic mass is 79.9. The number of carbonyl (C=O) groups excluding carboxylic acids is 2. The Balaban J connectivity index is 1.85. The first-order chi connectivity index (χ1) is 12.3. The Morgan fingerprint density at radius 2 is 2.08 bits per heavy atom. The topological polar surface area (TPSA) is 85.5 Å². The highest BCUT2D eigenvalue weighted by molar-refractivity contribution is 9.10. The molecule has 2 amide bonds. The fraction of sp³-hybridized carbons (Fsp3) is 0.167. The molecule has 1 aromatic heterocycles. The lowest BCUT2D eigenvalue weighted by atomic mass is 10.1. The summed E-state index contributed by atoms with van der Waals surface area (Å²) >= 11 is 4.42. The van der Waals surface area contributed by atoms with Gasteiger partial charge in [-0.05, 0) is 54.1 Å². The molecule has 1 aromatic carbocycles. The molecule has 0 saturated carbocycles. The van der Waals surface area contributed by atoms with Crippen molar-refractivity contribution in [1.29, 1.82) is 0 Å². The number of halogens is 1. The van der Waals surface area contributed by atoms with E-state index in [9.17, 15) is 9.59 Å². The van der Waals surface area contributed by atoms with Crippen molar-refractivity contribution in [3.05, 3.63) is 56.7 Å². The number of thioether (sulfide) groups is 1. The van der Waals surface area contributed by atoms with Crippen molar-refractivity contribution in [2.45, 2.75) is 13.5 Å². The largest absolute Gasteiger partial charge is 0.489 e. The molecule has 0 spiro atoms. The van der Waals surface area contributed by atoms with Gasteiger partial charge in [-0.2, -0.15) is 0 Å². The summed E-state index contributed by atoms with van der Waals surface area (Å²) in [7, 11) is 1.47. The molecule has 2 aromatic rings. The summed E-state index contributed by atoms with van der Waals surface area (Å²) in [5.41, 5.74) is 8.87. The number of likely N-dealkylation sites (N-methyl/N-ethyl adjacent to an activating group) is 1. The van der Waals surface area contributed by atoms with Crippen LogP contribution in [0.1, 0.15) is 16.7 Å². The standard InChI is InChI=1S/C18H16BrN3O3S/c1-10-3-14(19)12(6-16-17(23)22(2)18(24)26-16)5-15(10)25-9-11-4-13(20)8-21-7-11/h3-8H,9,20H2,1-2H3/b16-6-. The maximum Gasteiger partial charge on any atom is 0.293 e. The van der Waals surface area contributed by atoms with Crippen LogP contribution in [0.4, 0.5) is 10.5 Å². The predicted molar refractivity (Wildman–Crippen MR) is 106 cm³/mol. The third kappa shape index (κ3) is 3.91. The fourth-order valence-corrected chi connectivity index (χ4v) is 3.76. The molecule has 0 aliphatic carbocycles. The lowest BCUT2D eigenvalue weighted by Gasteiger charge is -2.12. The highest BCUT2D eigenvalue weighted by Crippen LogP contribution is 2.35. The van der Waals surface area contributed by atoms with Gasteiger partial charge >= 0.3 is 0 Å². The monoisotopic (exact) mass is 433 g/mol. The predicted octanol–water partition coefficient (Wildman–Crippen LogP) is 3.98. The second-order valence-corrected chi connectivity index (χ2v) is 7.64. The van der Waals surface area contributed by atoms with Crippen LogP contribution in [0.2, 0.25) is 0 Å². The van der Waals surface area contributed by atoms with Gasteiger partial charge in [0.05, 0.1) is 10.6 Å². The van der Waals surface area contributed by atoms with Gasteiger partial charge < -0.3 is 10.5 Å². The molecule has 26 heavy (non-hydrogen) atoms. The van der Waals surface area contributed by atoms with Crippen molar-refractivity contribution >= 4 is 50.6 Å². The van der Waals surface area contributed by atoms with Crippen molar-refractivity contribution < 1.29 is 14.3 Å². The zero-order valence-corrected chi connectivity index (χ0v) is 16.6. The van der Waals surface area contributed by atoms with E-state index in [0.29, 0.717) is 22.9 Å². The van der Waals surface area contributed by atoms with E-state index in [-0.39, 0.29) is 11.1 Å². The molecule has 0 bridgehead atoms. The molecule has 3 rings (SSSR count). The summed E-state index contributed by atoms with van der Waals surface area (Å²) in [6.07, 6.45) is 4.96. The van der Waals surface area contributed by atoms with Crippen LogP contribution >= 0.6 is 27.7 Å². The van der Waals surface area contributed by atoms with Crippen LogP contribution in [0.5, 0.6) is 5.75 Å². The van der Waals surface area contributed by atoms with E-state index in [1.165, 1.54) is 7.05 Å². The number of nitrogen functional groups attached to an aromatic ring is 1. The number of anilines is 1. The van der Waals surface area contributed by atoms with Gasteiger partial charge in [0.25, 0.3) is 11.1 Å². The van der Waals surface area contributed by atoms with Crippen LogP contribution in [0.3, 0.4) is 0 Å². The van der Waals surface area contributed by atoms with Crippen LogP contribution in [0, 0.1) is 6.92 Å². The molecule has 8 heteroatoms. The molecule has 2 heterocycles. The number of aryl methyl sites for hydroxylation is 1. The molecule has 0 atom stereocenters. The molecule has 0 unspecified atom stereocenters. The number of aromatic nitrogens is 1. The number of ether oxygens (including phenoxy) is 1. The Labute approximate surface area is 163 Å². The minimum atomic E-state index is -0.305. The van der Waals surface area contributed by atoms with Crippen LogP contribution < -0.4 is 10.5 Å². The number of pyridine rings is 1. The molecule has 1 aliphatic heterocycles. The smallest absolute Gasteiger partial charge is 0.293 e. The maximum absolute atomic E-state index is 12.1. The number of benzene rings is 1. The lowest BCUT2D eigenvalue weighted by molar-refractivity contribution is -0.121. The van der Waals surface area contributed by atoms with Crippen molar-refractivity contribution in [3.8, 4) is 5.75 Å². The van der Waals surface area contributed by atoms with E-state index in [2.05, 4.69) is 20.9 Å². The Morgan fingerprint density at radius 1 is 1.31 bits per heavy atom. The molecule has 0 radical (unpaired) electrons. The normalized spacial score (nSPS) is 15.8. The number of hydrogen-bond donors (Lipinski definition) is 1. The lowest BCUT2D eigenvalue weighted by Crippen LogP contribution is -2.22. The van der Waals surface area contributed by atoms with E-state index in [1.54, 1.807) is 24.5 Å². The maximum atomic E-state index is 12.1. The molecule has 2 N–H and O–H groups in total. The van der Waals surface area contributed by atoms with Gasteiger partial charge in [0, 0.05) is 29.5 Å². The Bertz CT molecular complexity index is 930. The zero-order valence-electron chi connectivity index (χ0n) is 14.2. The quantitative estimate of drug-likeness (QED) is 0.733. The average molecular weight is 434 g/mol. The number of nitrogens with zero attached hydrogens (tertiary/aromatic N) is 2. The van der Waals surface area contributed by atoms with E-state index in [1.807, 2.05) is 19.1 Å².